The van der Waals surface area contributed by atoms with E-state index in [-0.39, 0.29) is 35.5 Å². The Bertz CT molecular complexity index is 2010. The van der Waals surface area contributed by atoms with Crippen molar-refractivity contribution < 1.29 is 22.7 Å². The SMILES string of the molecule is CCC(C)NC(=O)C(Cc1ccccc1)N(Cc1cccc(Br)c1)C(=O)CN(c1ccc(Oc2ccccc2)cc1)S(=O)(=O)c1ccc(C)cc1. The number of benzene rings is 5. The molecule has 10 heteroatoms. The number of nitrogens with one attached hydrogen (secondary N) is 1. The number of para-hydroxylation sites is 1. The van der Waals surface area contributed by atoms with Crippen LogP contribution in [-0.2, 0) is 32.6 Å². The van der Waals surface area contributed by atoms with Crippen molar-refractivity contribution in [3.8, 4) is 11.5 Å². The first-order chi connectivity index (χ1) is 24.5. The fraction of sp³-hybridized carbons (Fsp3) is 0.220. The van der Waals surface area contributed by atoms with Gasteiger partial charge in [0.25, 0.3) is 10.0 Å². The summed E-state index contributed by atoms with van der Waals surface area (Å²) >= 11 is 3.52. The minimum atomic E-state index is -4.24. The lowest BCUT2D eigenvalue weighted by molar-refractivity contribution is -0.140. The van der Waals surface area contributed by atoms with Gasteiger partial charge in [-0.05, 0) is 92.1 Å². The van der Waals surface area contributed by atoms with Gasteiger partial charge >= 0.3 is 0 Å². The molecule has 0 fully saturated rings. The molecular weight excluding hydrogens is 726 g/mol. The summed E-state index contributed by atoms with van der Waals surface area (Å²) in [6.07, 6.45) is 0.939. The third kappa shape index (κ3) is 10.1. The number of carbonyl (C=O) groups is 2. The number of carbonyl (C=O) groups excluding carboxylic acids is 2. The largest absolute Gasteiger partial charge is 0.457 e. The molecule has 2 unspecified atom stereocenters. The Balaban J connectivity index is 1.56. The summed E-state index contributed by atoms with van der Waals surface area (Å²) in [7, 11) is -4.24. The molecule has 51 heavy (non-hydrogen) atoms. The molecule has 0 aliphatic carbocycles. The van der Waals surface area contributed by atoms with Crippen LogP contribution in [0.4, 0.5) is 5.69 Å². The summed E-state index contributed by atoms with van der Waals surface area (Å²) < 4.78 is 36.7. The van der Waals surface area contributed by atoms with Gasteiger partial charge in [-0.2, -0.15) is 0 Å². The van der Waals surface area contributed by atoms with E-state index in [0.29, 0.717) is 17.9 Å². The summed E-state index contributed by atoms with van der Waals surface area (Å²) in [5, 5.41) is 3.07. The maximum absolute atomic E-state index is 14.8. The van der Waals surface area contributed by atoms with Crippen molar-refractivity contribution in [3.63, 3.8) is 0 Å². The van der Waals surface area contributed by atoms with E-state index in [0.717, 1.165) is 25.5 Å². The molecule has 0 radical (unpaired) electrons. The molecule has 5 aromatic rings. The summed E-state index contributed by atoms with van der Waals surface area (Å²) in [4.78, 5) is 30.3. The average molecular weight is 769 g/mol. The number of ether oxygens (including phenoxy) is 1. The van der Waals surface area contributed by atoms with Crippen LogP contribution in [0.2, 0.25) is 0 Å². The highest BCUT2D eigenvalue weighted by Gasteiger charge is 2.35. The number of aryl methyl sites for hydroxylation is 1. The molecule has 0 saturated carbocycles. The lowest BCUT2D eigenvalue weighted by Gasteiger charge is -2.34. The molecule has 0 aliphatic rings. The van der Waals surface area contributed by atoms with E-state index in [1.165, 1.54) is 17.0 Å². The van der Waals surface area contributed by atoms with Crippen molar-refractivity contribution in [1.82, 2.24) is 10.2 Å². The van der Waals surface area contributed by atoms with Crippen molar-refractivity contribution in [1.29, 1.82) is 0 Å². The summed E-state index contributed by atoms with van der Waals surface area (Å²) in [6.45, 7) is 5.29. The summed E-state index contributed by atoms with van der Waals surface area (Å²) in [5.74, 6) is 0.292. The topological polar surface area (TPSA) is 96.0 Å². The third-order valence-corrected chi connectivity index (χ3v) is 10.8. The number of amides is 2. The summed E-state index contributed by atoms with van der Waals surface area (Å²) in [6, 6.07) is 38.3. The van der Waals surface area contributed by atoms with E-state index in [1.807, 2.05) is 106 Å². The number of hydrogen-bond donors (Lipinski definition) is 1. The Hall–Kier alpha value is -4.93. The van der Waals surface area contributed by atoms with E-state index in [4.69, 9.17) is 4.74 Å². The normalized spacial score (nSPS) is 12.4. The number of nitrogens with zero attached hydrogens (tertiary/aromatic N) is 2. The predicted molar refractivity (Wildman–Crippen MR) is 205 cm³/mol. The highest BCUT2D eigenvalue weighted by Crippen LogP contribution is 2.29. The first-order valence-corrected chi connectivity index (χ1v) is 19.1. The molecule has 0 saturated heterocycles. The van der Waals surface area contributed by atoms with Gasteiger partial charge in [-0.3, -0.25) is 13.9 Å². The van der Waals surface area contributed by atoms with Gasteiger partial charge in [-0.25, -0.2) is 8.42 Å². The van der Waals surface area contributed by atoms with Crippen molar-refractivity contribution in [2.45, 2.75) is 57.1 Å². The predicted octanol–water partition coefficient (Wildman–Crippen LogP) is 8.30. The molecule has 0 heterocycles. The Morgan fingerprint density at radius 3 is 2.02 bits per heavy atom. The van der Waals surface area contributed by atoms with Gasteiger partial charge in [-0.15, -0.1) is 0 Å². The highest BCUT2D eigenvalue weighted by atomic mass is 79.9. The molecule has 0 aliphatic heterocycles. The lowest BCUT2D eigenvalue weighted by atomic mass is 10.0. The standard InChI is InChI=1S/C41H42BrN3O5S/c1-4-31(3)43-41(47)39(27-32-12-7-5-8-13-32)44(28-33-14-11-15-34(42)26-33)40(46)29-45(51(48,49)38-24-18-30(2)19-25-38)35-20-22-37(23-21-35)50-36-16-9-6-10-17-36/h5-26,31,39H,4,27-29H2,1-3H3,(H,43,47). The van der Waals surface area contributed by atoms with Crippen molar-refractivity contribution in [3.05, 3.63) is 155 Å². The molecule has 0 spiro atoms. The van der Waals surface area contributed by atoms with Crippen LogP contribution in [0.5, 0.6) is 11.5 Å². The first-order valence-electron chi connectivity index (χ1n) is 16.8. The van der Waals surface area contributed by atoms with Crippen LogP contribution in [0.25, 0.3) is 0 Å². The highest BCUT2D eigenvalue weighted by molar-refractivity contribution is 9.10. The quantitative estimate of drug-likeness (QED) is 0.116. The van der Waals surface area contributed by atoms with Crippen LogP contribution in [-0.4, -0.2) is 43.8 Å². The maximum Gasteiger partial charge on any atom is 0.264 e. The zero-order valence-corrected chi connectivity index (χ0v) is 31.3. The Morgan fingerprint density at radius 1 is 0.784 bits per heavy atom. The maximum atomic E-state index is 14.8. The molecule has 2 amide bonds. The minimum Gasteiger partial charge on any atom is -0.457 e. The second-order valence-electron chi connectivity index (χ2n) is 12.4. The van der Waals surface area contributed by atoms with E-state index in [1.54, 1.807) is 36.4 Å². The fourth-order valence-corrected chi connectivity index (χ4v) is 7.36. The van der Waals surface area contributed by atoms with Gasteiger partial charge in [0.1, 0.15) is 24.1 Å². The zero-order chi connectivity index (χ0) is 36.4. The van der Waals surface area contributed by atoms with Crippen LogP contribution in [0.1, 0.15) is 37.0 Å². The Labute approximate surface area is 309 Å². The monoisotopic (exact) mass is 767 g/mol. The molecular formula is C41H42BrN3O5S. The number of rotatable bonds is 15. The van der Waals surface area contributed by atoms with Gasteiger partial charge in [0, 0.05) is 23.5 Å². The van der Waals surface area contributed by atoms with Gasteiger partial charge in [0.2, 0.25) is 11.8 Å². The first kappa shape index (κ1) is 37.3. The zero-order valence-electron chi connectivity index (χ0n) is 28.9. The van der Waals surface area contributed by atoms with Crippen LogP contribution in [0.3, 0.4) is 0 Å². The van der Waals surface area contributed by atoms with Gasteiger partial charge in [0.15, 0.2) is 0 Å². The Morgan fingerprint density at radius 2 is 1.39 bits per heavy atom. The van der Waals surface area contributed by atoms with Gasteiger partial charge in [0.05, 0.1) is 10.6 Å². The number of hydrogen-bond acceptors (Lipinski definition) is 5. The Kier molecular flexibility index (Phi) is 12.7. The molecule has 264 valence electrons. The molecule has 0 aromatic heterocycles. The smallest absolute Gasteiger partial charge is 0.264 e. The lowest BCUT2D eigenvalue weighted by Crippen LogP contribution is -2.54. The van der Waals surface area contributed by atoms with E-state index in [9.17, 15) is 18.0 Å². The van der Waals surface area contributed by atoms with Crippen molar-refractivity contribution in [2.24, 2.45) is 0 Å². The van der Waals surface area contributed by atoms with Crippen molar-refractivity contribution in [2.75, 3.05) is 10.8 Å². The molecule has 5 rings (SSSR count). The number of halogens is 1. The summed E-state index contributed by atoms with van der Waals surface area (Å²) in [5.41, 5.74) is 2.82. The molecule has 2 atom stereocenters. The van der Waals surface area contributed by atoms with E-state index < -0.39 is 28.5 Å². The number of sulfonamides is 1. The molecule has 0 bridgehead atoms. The van der Waals surface area contributed by atoms with Gasteiger partial charge < -0.3 is 15.0 Å². The number of anilines is 1. The van der Waals surface area contributed by atoms with Crippen LogP contribution in [0.15, 0.2) is 143 Å². The molecule has 1 N–H and O–H groups in total. The van der Waals surface area contributed by atoms with E-state index >= 15 is 0 Å². The minimum absolute atomic E-state index is 0.0411. The van der Waals surface area contributed by atoms with Crippen LogP contribution < -0.4 is 14.4 Å². The third-order valence-electron chi connectivity index (χ3n) is 8.51. The average Bonchev–Trinajstić information content (AvgIpc) is 3.13. The van der Waals surface area contributed by atoms with E-state index in [2.05, 4.69) is 21.2 Å². The molecule has 8 nitrogen and oxygen atoms in total. The molecule has 5 aromatic carbocycles. The van der Waals surface area contributed by atoms with Crippen LogP contribution >= 0.6 is 15.9 Å². The van der Waals surface area contributed by atoms with Gasteiger partial charge in [-0.1, -0.05) is 101 Å². The van der Waals surface area contributed by atoms with Crippen molar-refractivity contribution >= 4 is 43.5 Å². The van der Waals surface area contributed by atoms with Crippen LogP contribution in [0, 0.1) is 6.92 Å². The fourth-order valence-electron chi connectivity index (χ4n) is 5.50. The second-order valence-corrected chi connectivity index (χ2v) is 15.2. The second kappa shape index (κ2) is 17.3.